The number of aliphatic carboxylic acids is 1. The molecule has 0 saturated carbocycles. The second-order valence-corrected chi connectivity index (χ2v) is 2.69. The molecule has 0 aromatic heterocycles. The Morgan fingerprint density at radius 3 is 2.31 bits per heavy atom. The van der Waals surface area contributed by atoms with E-state index >= 15 is 0 Å². The Hall–Kier alpha value is -0.0600. The molecule has 0 fully saturated rings. The number of carbonyl (C=O) groups excluding carboxylic acids is 1. The van der Waals surface area contributed by atoms with Crippen LogP contribution in [0, 0.1) is 0 Å². The van der Waals surface area contributed by atoms with Gasteiger partial charge in [0, 0.05) is 19.9 Å². The minimum absolute atomic E-state index is 0. The van der Waals surface area contributed by atoms with Gasteiger partial charge in [-0.05, 0) is 12.8 Å². The number of carbonyl (C=O) groups is 2. The summed E-state index contributed by atoms with van der Waals surface area (Å²) in [5.74, 6) is -0.789. The predicted molar refractivity (Wildman–Crippen MR) is 51.9 cm³/mol. The van der Waals surface area contributed by atoms with E-state index in [0.717, 1.165) is 12.8 Å². The molecule has 13 heavy (non-hydrogen) atoms. The molecule has 0 saturated heterocycles. The Labute approximate surface area is 100 Å². The third-order valence-electron chi connectivity index (χ3n) is 1.44. The Kier molecular flexibility index (Phi) is 11.9. The maximum absolute atomic E-state index is 10.4. The fourth-order valence-corrected chi connectivity index (χ4v) is 0.842. The average molecular weight is 197 g/mol. The topological polar surface area (TPSA) is 66.4 Å². The molecule has 4 nitrogen and oxygen atoms in total. The molecule has 5 heteroatoms. The number of carboxylic acid groups (broad SMARTS) is 1. The number of amides is 1. The van der Waals surface area contributed by atoms with Crippen LogP contribution < -0.4 is 5.32 Å². The zero-order valence-corrected chi connectivity index (χ0v) is 7.30. The molecule has 0 aliphatic heterocycles. The van der Waals surface area contributed by atoms with Crippen molar-refractivity contribution >= 4 is 41.4 Å². The van der Waals surface area contributed by atoms with E-state index < -0.39 is 5.97 Å². The van der Waals surface area contributed by atoms with E-state index in [1.165, 1.54) is 6.92 Å². The maximum atomic E-state index is 10.4. The van der Waals surface area contributed by atoms with Gasteiger partial charge in [-0.1, -0.05) is 6.42 Å². The first-order valence-electron chi connectivity index (χ1n) is 4.09. The molecule has 0 aliphatic carbocycles. The monoisotopic (exact) mass is 197 g/mol. The number of rotatable bonds is 6. The fraction of sp³-hybridized carbons (Fsp3) is 0.750. The van der Waals surface area contributed by atoms with Crippen molar-refractivity contribution in [2.24, 2.45) is 0 Å². The summed E-state index contributed by atoms with van der Waals surface area (Å²) in [6, 6.07) is 0. The summed E-state index contributed by atoms with van der Waals surface area (Å²) in [4.78, 5) is 20.4. The van der Waals surface area contributed by atoms with Crippen molar-refractivity contribution in [2.75, 3.05) is 6.54 Å². The molecule has 0 rings (SSSR count). The van der Waals surface area contributed by atoms with Crippen LogP contribution >= 0.6 is 0 Å². The van der Waals surface area contributed by atoms with E-state index in [1.54, 1.807) is 0 Å². The van der Waals surface area contributed by atoms with Crippen molar-refractivity contribution in [1.82, 2.24) is 5.32 Å². The molecule has 0 bridgehead atoms. The first-order chi connectivity index (χ1) is 5.63. The van der Waals surface area contributed by atoms with Crippen molar-refractivity contribution < 1.29 is 14.7 Å². The molecule has 0 aromatic carbocycles. The molecule has 0 atom stereocenters. The first kappa shape index (κ1) is 15.4. The van der Waals surface area contributed by atoms with E-state index in [-0.39, 0.29) is 41.9 Å². The Morgan fingerprint density at radius 2 is 1.85 bits per heavy atom. The molecular weight excluding hydrogens is 181 g/mol. The summed E-state index contributed by atoms with van der Waals surface area (Å²) in [6.07, 6.45) is 2.62. The average Bonchev–Trinajstić information content (AvgIpc) is 1.95. The van der Waals surface area contributed by atoms with E-state index in [2.05, 4.69) is 5.32 Å². The molecule has 0 aromatic rings. The van der Waals surface area contributed by atoms with Crippen LogP contribution in [0.3, 0.4) is 0 Å². The molecule has 0 aliphatic rings. The molecule has 72 valence electrons. The van der Waals surface area contributed by atoms with Crippen LogP contribution in [0.5, 0.6) is 0 Å². The number of unbranched alkanes of at least 4 members (excludes halogenated alkanes) is 2. The molecule has 1 amide bonds. The Bertz CT molecular complexity index is 143. The first-order valence-corrected chi connectivity index (χ1v) is 4.09. The minimum atomic E-state index is -0.755. The summed E-state index contributed by atoms with van der Waals surface area (Å²) in [5, 5.41) is 10.9. The number of carboxylic acids is 1. The van der Waals surface area contributed by atoms with Crippen molar-refractivity contribution in [1.29, 1.82) is 0 Å². The van der Waals surface area contributed by atoms with E-state index in [4.69, 9.17) is 5.11 Å². The zero-order chi connectivity index (χ0) is 9.40. The van der Waals surface area contributed by atoms with Crippen molar-refractivity contribution in [2.45, 2.75) is 32.6 Å². The van der Waals surface area contributed by atoms with Gasteiger partial charge in [-0.15, -0.1) is 0 Å². The van der Waals surface area contributed by atoms with Crippen LogP contribution in [-0.4, -0.2) is 53.1 Å². The van der Waals surface area contributed by atoms with E-state index in [0.29, 0.717) is 13.0 Å². The van der Waals surface area contributed by atoms with E-state index in [9.17, 15) is 9.59 Å². The molecular formula is C8H16NNaO3. The van der Waals surface area contributed by atoms with Gasteiger partial charge in [0.05, 0.1) is 0 Å². The standard InChI is InChI=1S/C8H15NO3.Na.H/c1-7(10)9-6-4-2-3-5-8(11)12;;/h2-6H2,1H3,(H,9,10)(H,11,12);;. The summed E-state index contributed by atoms with van der Waals surface area (Å²) < 4.78 is 0. The van der Waals surface area contributed by atoms with Crippen LogP contribution in [0.4, 0.5) is 0 Å². The van der Waals surface area contributed by atoms with Crippen molar-refractivity contribution in [3.8, 4) is 0 Å². The Morgan fingerprint density at radius 1 is 1.23 bits per heavy atom. The Balaban J connectivity index is 0. The predicted octanol–water partition coefficient (Wildman–Crippen LogP) is 0.119. The third kappa shape index (κ3) is 14.8. The van der Waals surface area contributed by atoms with Gasteiger partial charge in [-0.2, -0.15) is 0 Å². The van der Waals surface area contributed by atoms with Gasteiger partial charge >= 0.3 is 35.5 Å². The number of hydrogen-bond acceptors (Lipinski definition) is 2. The van der Waals surface area contributed by atoms with Crippen LogP contribution in [0.2, 0.25) is 0 Å². The molecule has 2 N–H and O–H groups in total. The molecule has 0 heterocycles. The molecule has 0 radical (unpaired) electrons. The van der Waals surface area contributed by atoms with Gasteiger partial charge in [0.2, 0.25) is 5.91 Å². The number of hydrogen-bond donors (Lipinski definition) is 2. The molecule has 0 spiro atoms. The second-order valence-electron chi connectivity index (χ2n) is 2.69. The zero-order valence-electron chi connectivity index (χ0n) is 7.30. The summed E-state index contributed by atoms with van der Waals surface area (Å²) in [7, 11) is 0. The normalized spacial score (nSPS) is 8.69. The van der Waals surface area contributed by atoms with Crippen LogP contribution in [0.15, 0.2) is 0 Å². The third-order valence-corrected chi connectivity index (χ3v) is 1.44. The number of nitrogens with one attached hydrogen (secondary N) is 1. The van der Waals surface area contributed by atoms with Crippen molar-refractivity contribution in [3.63, 3.8) is 0 Å². The van der Waals surface area contributed by atoms with Gasteiger partial charge in [0.15, 0.2) is 0 Å². The summed E-state index contributed by atoms with van der Waals surface area (Å²) in [6.45, 7) is 2.12. The fourth-order valence-electron chi connectivity index (χ4n) is 0.842. The van der Waals surface area contributed by atoms with Gasteiger partial charge in [0.25, 0.3) is 0 Å². The second kappa shape index (κ2) is 10.0. The SMILES string of the molecule is CC(=O)NCCCCCC(=O)O.[NaH]. The quantitative estimate of drug-likeness (QED) is 0.469. The summed E-state index contributed by atoms with van der Waals surface area (Å²) >= 11 is 0. The molecule has 0 unspecified atom stereocenters. The van der Waals surface area contributed by atoms with Crippen LogP contribution in [0.1, 0.15) is 32.6 Å². The van der Waals surface area contributed by atoms with Crippen molar-refractivity contribution in [3.05, 3.63) is 0 Å². The van der Waals surface area contributed by atoms with Gasteiger partial charge in [-0.25, -0.2) is 0 Å². The summed E-state index contributed by atoms with van der Waals surface area (Å²) in [5.41, 5.74) is 0. The van der Waals surface area contributed by atoms with E-state index in [1.807, 2.05) is 0 Å². The van der Waals surface area contributed by atoms with Crippen LogP contribution in [0.25, 0.3) is 0 Å². The van der Waals surface area contributed by atoms with Gasteiger partial charge in [0.1, 0.15) is 0 Å². The van der Waals surface area contributed by atoms with Crippen LogP contribution in [-0.2, 0) is 9.59 Å². The van der Waals surface area contributed by atoms with Gasteiger partial charge < -0.3 is 10.4 Å². The van der Waals surface area contributed by atoms with Gasteiger partial charge in [-0.3, -0.25) is 9.59 Å².